The third-order valence-electron chi connectivity index (χ3n) is 1.76. The highest BCUT2D eigenvalue weighted by Crippen LogP contribution is 2.12. The molecule has 1 fully saturated rings. The summed E-state index contributed by atoms with van der Waals surface area (Å²) in [5.74, 6) is 0. The van der Waals surface area contributed by atoms with Gasteiger partial charge in [0.1, 0.15) is 6.23 Å². The zero-order chi connectivity index (χ0) is 7.52. The van der Waals surface area contributed by atoms with Crippen LogP contribution < -0.4 is 5.32 Å². The van der Waals surface area contributed by atoms with Gasteiger partial charge in [0, 0.05) is 17.8 Å². The lowest BCUT2D eigenvalue weighted by molar-refractivity contribution is 0.102. The summed E-state index contributed by atoms with van der Waals surface area (Å²) in [5, 5.41) is 5.38. The molecule has 1 unspecified atom stereocenters. The minimum Gasteiger partial charge on any atom is -0.362 e. The van der Waals surface area contributed by atoms with Gasteiger partial charge in [-0.15, -0.1) is 11.3 Å². The first-order valence-corrected chi connectivity index (χ1v) is 4.70. The van der Waals surface area contributed by atoms with Crippen LogP contribution in [0, 0.1) is 0 Å². The molecule has 2 rings (SSSR count). The number of ether oxygens (including phenoxy) is 1. The van der Waals surface area contributed by atoms with E-state index in [0.29, 0.717) is 0 Å². The Morgan fingerprint density at radius 3 is 3.36 bits per heavy atom. The van der Waals surface area contributed by atoms with E-state index in [1.165, 1.54) is 4.88 Å². The lowest BCUT2D eigenvalue weighted by Crippen LogP contribution is -2.24. The molecule has 0 aromatic carbocycles. The van der Waals surface area contributed by atoms with Gasteiger partial charge in [-0.3, -0.25) is 5.32 Å². The third kappa shape index (κ3) is 1.80. The Bertz CT molecular complexity index is 204. The van der Waals surface area contributed by atoms with Crippen molar-refractivity contribution in [3.63, 3.8) is 0 Å². The predicted molar refractivity (Wildman–Crippen MR) is 45.8 cm³/mol. The van der Waals surface area contributed by atoms with Gasteiger partial charge in [0.05, 0.1) is 6.61 Å². The average molecular weight is 169 g/mol. The number of thiophene rings is 1. The van der Waals surface area contributed by atoms with E-state index < -0.39 is 0 Å². The maximum Gasteiger partial charge on any atom is 0.113 e. The van der Waals surface area contributed by atoms with Crippen molar-refractivity contribution in [2.75, 3.05) is 13.2 Å². The van der Waals surface area contributed by atoms with Crippen molar-refractivity contribution in [1.82, 2.24) is 5.32 Å². The van der Waals surface area contributed by atoms with Gasteiger partial charge >= 0.3 is 0 Å². The Morgan fingerprint density at radius 2 is 2.73 bits per heavy atom. The fourth-order valence-electron chi connectivity index (χ4n) is 1.22. The minimum absolute atomic E-state index is 0.258. The molecule has 0 amide bonds. The Balaban J connectivity index is 1.90. The zero-order valence-corrected chi connectivity index (χ0v) is 7.06. The molecule has 0 bridgehead atoms. The molecule has 1 aromatic heterocycles. The van der Waals surface area contributed by atoms with Gasteiger partial charge in [0.2, 0.25) is 0 Å². The molecule has 1 saturated heterocycles. The van der Waals surface area contributed by atoms with Gasteiger partial charge in [-0.25, -0.2) is 0 Å². The van der Waals surface area contributed by atoms with Crippen LogP contribution in [-0.4, -0.2) is 19.4 Å². The highest BCUT2D eigenvalue weighted by atomic mass is 32.1. The quantitative estimate of drug-likeness (QED) is 0.719. The van der Waals surface area contributed by atoms with Crippen molar-refractivity contribution >= 4 is 11.3 Å². The van der Waals surface area contributed by atoms with Crippen molar-refractivity contribution in [2.24, 2.45) is 0 Å². The van der Waals surface area contributed by atoms with E-state index in [-0.39, 0.29) is 6.23 Å². The van der Waals surface area contributed by atoms with Gasteiger partial charge in [-0.2, -0.15) is 0 Å². The van der Waals surface area contributed by atoms with Crippen LogP contribution in [0.4, 0.5) is 0 Å². The van der Waals surface area contributed by atoms with E-state index in [1.54, 1.807) is 11.3 Å². The van der Waals surface area contributed by atoms with E-state index in [4.69, 9.17) is 4.74 Å². The molecular formula is C8H11NOS. The largest absolute Gasteiger partial charge is 0.362 e. The predicted octanol–water partition coefficient (Wildman–Crippen LogP) is 1.24. The molecule has 2 nitrogen and oxygen atoms in total. The van der Waals surface area contributed by atoms with E-state index >= 15 is 0 Å². The molecule has 1 aromatic rings. The lowest BCUT2D eigenvalue weighted by Gasteiger charge is -2.06. The van der Waals surface area contributed by atoms with Gasteiger partial charge in [0.25, 0.3) is 0 Å². The van der Waals surface area contributed by atoms with Crippen LogP contribution in [0.5, 0.6) is 0 Å². The minimum atomic E-state index is 0.258. The van der Waals surface area contributed by atoms with Gasteiger partial charge in [-0.05, 0) is 11.4 Å². The van der Waals surface area contributed by atoms with Crippen molar-refractivity contribution < 1.29 is 4.74 Å². The molecule has 0 radical (unpaired) electrons. The third-order valence-corrected chi connectivity index (χ3v) is 2.66. The number of nitrogens with one attached hydrogen (secondary N) is 1. The van der Waals surface area contributed by atoms with E-state index in [9.17, 15) is 0 Å². The van der Waals surface area contributed by atoms with Crippen LogP contribution >= 0.6 is 11.3 Å². The Morgan fingerprint density at radius 1 is 1.73 bits per heavy atom. The summed E-state index contributed by atoms with van der Waals surface area (Å²) in [6, 6.07) is 4.23. The number of hydrogen-bond donors (Lipinski definition) is 1. The second kappa shape index (κ2) is 3.34. The number of rotatable bonds is 2. The van der Waals surface area contributed by atoms with E-state index in [0.717, 1.165) is 19.6 Å². The fraction of sp³-hybridized carbons (Fsp3) is 0.500. The van der Waals surface area contributed by atoms with E-state index in [2.05, 4.69) is 22.8 Å². The first kappa shape index (κ1) is 7.28. The summed E-state index contributed by atoms with van der Waals surface area (Å²) in [6.45, 7) is 1.85. The topological polar surface area (TPSA) is 21.3 Å². The molecular weight excluding hydrogens is 158 g/mol. The van der Waals surface area contributed by atoms with Crippen molar-refractivity contribution in [3.8, 4) is 0 Å². The van der Waals surface area contributed by atoms with Gasteiger partial charge in [-0.1, -0.05) is 6.07 Å². The lowest BCUT2D eigenvalue weighted by atomic mass is 10.3. The maximum atomic E-state index is 5.42. The first-order valence-electron chi connectivity index (χ1n) is 3.82. The fourth-order valence-corrected chi connectivity index (χ4v) is 1.96. The number of hydrogen-bond acceptors (Lipinski definition) is 3. The molecule has 1 aliphatic heterocycles. The van der Waals surface area contributed by atoms with Crippen LogP contribution in [0.3, 0.4) is 0 Å². The van der Waals surface area contributed by atoms with Crippen molar-refractivity contribution in [3.05, 3.63) is 22.4 Å². The highest BCUT2D eigenvalue weighted by Gasteiger charge is 2.14. The molecule has 1 N–H and O–H groups in total. The Kier molecular flexibility index (Phi) is 2.21. The molecule has 0 aliphatic carbocycles. The van der Waals surface area contributed by atoms with Gasteiger partial charge in [0.15, 0.2) is 0 Å². The van der Waals surface area contributed by atoms with Crippen LogP contribution in [0.2, 0.25) is 0 Å². The molecule has 1 aliphatic rings. The summed E-state index contributed by atoms with van der Waals surface area (Å²) < 4.78 is 5.42. The molecule has 11 heavy (non-hydrogen) atoms. The maximum absolute atomic E-state index is 5.42. The van der Waals surface area contributed by atoms with Crippen LogP contribution in [0.25, 0.3) is 0 Å². The van der Waals surface area contributed by atoms with Gasteiger partial charge < -0.3 is 4.74 Å². The zero-order valence-electron chi connectivity index (χ0n) is 6.25. The van der Waals surface area contributed by atoms with Crippen LogP contribution in [0.1, 0.15) is 4.88 Å². The SMILES string of the molecule is c1csc(CC2NCCO2)c1. The molecule has 0 spiro atoms. The average Bonchev–Trinajstić information content (AvgIpc) is 2.60. The van der Waals surface area contributed by atoms with Crippen LogP contribution in [0.15, 0.2) is 17.5 Å². The molecule has 60 valence electrons. The highest BCUT2D eigenvalue weighted by molar-refractivity contribution is 7.09. The summed E-state index contributed by atoms with van der Waals surface area (Å²) in [5.41, 5.74) is 0. The van der Waals surface area contributed by atoms with E-state index in [1.807, 2.05) is 0 Å². The Labute approximate surface area is 70.2 Å². The summed E-state index contributed by atoms with van der Waals surface area (Å²) >= 11 is 1.79. The van der Waals surface area contributed by atoms with Crippen LogP contribution in [-0.2, 0) is 11.2 Å². The second-order valence-corrected chi connectivity index (χ2v) is 3.63. The van der Waals surface area contributed by atoms with Crippen molar-refractivity contribution in [1.29, 1.82) is 0 Å². The summed E-state index contributed by atoms with van der Waals surface area (Å²) in [7, 11) is 0. The first-order chi connectivity index (χ1) is 5.45. The molecule has 1 atom stereocenters. The second-order valence-electron chi connectivity index (χ2n) is 2.60. The summed E-state index contributed by atoms with van der Waals surface area (Å²) in [4.78, 5) is 1.39. The molecule has 3 heteroatoms. The summed E-state index contributed by atoms with van der Waals surface area (Å²) in [6.07, 6.45) is 1.27. The molecule has 0 saturated carbocycles. The smallest absolute Gasteiger partial charge is 0.113 e. The normalized spacial score (nSPS) is 24.2. The monoisotopic (exact) mass is 169 g/mol. The Hall–Kier alpha value is -0.380. The standard InChI is InChI=1S/C8H11NOS/c1-2-7(11-5-1)6-8-9-3-4-10-8/h1-2,5,8-9H,3-4,6H2. The molecule has 2 heterocycles. The van der Waals surface area contributed by atoms with Crippen molar-refractivity contribution in [2.45, 2.75) is 12.6 Å².